The smallest absolute Gasteiger partial charge is 0.250 e. The number of ether oxygens (including phenoxy) is 2. The normalized spacial score (nSPS) is 18.4. The molecule has 0 aliphatic carbocycles. The van der Waals surface area contributed by atoms with Gasteiger partial charge in [-0.3, -0.25) is 4.79 Å². The molecule has 0 spiro atoms. The van der Waals surface area contributed by atoms with Crippen molar-refractivity contribution in [3.63, 3.8) is 0 Å². The van der Waals surface area contributed by atoms with Crippen molar-refractivity contribution in [2.75, 3.05) is 13.2 Å². The van der Waals surface area contributed by atoms with Crippen LogP contribution in [0.2, 0.25) is 0 Å². The molecule has 130 valence electrons. The summed E-state index contributed by atoms with van der Waals surface area (Å²) in [5.74, 6) is 2.45. The van der Waals surface area contributed by atoms with E-state index in [1.54, 1.807) is 0 Å². The number of para-hydroxylation sites is 1. The van der Waals surface area contributed by atoms with E-state index in [0.29, 0.717) is 17.9 Å². The number of nitrogens with zero attached hydrogens (tertiary/aromatic N) is 2. The van der Waals surface area contributed by atoms with E-state index in [1.165, 1.54) is 0 Å². The molecule has 6 heteroatoms. The van der Waals surface area contributed by atoms with Gasteiger partial charge >= 0.3 is 0 Å². The van der Waals surface area contributed by atoms with Crippen LogP contribution < -0.4 is 14.8 Å². The Morgan fingerprint density at radius 2 is 2.40 bits per heavy atom. The van der Waals surface area contributed by atoms with Gasteiger partial charge in [0.25, 0.3) is 5.91 Å². The van der Waals surface area contributed by atoms with Gasteiger partial charge in [-0.25, -0.2) is 4.98 Å². The van der Waals surface area contributed by atoms with E-state index in [4.69, 9.17) is 9.47 Å². The first kappa shape index (κ1) is 15.7. The van der Waals surface area contributed by atoms with Gasteiger partial charge in [0.05, 0.1) is 12.2 Å². The Hall–Kier alpha value is -2.76. The highest BCUT2D eigenvalue weighted by atomic mass is 16.5. The lowest BCUT2D eigenvalue weighted by molar-refractivity contribution is -0.118. The van der Waals surface area contributed by atoms with Gasteiger partial charge in [0, 0.05) is 37.0 Å². The Morgan fingerprint density at radius 3 is 3.28 bits per heavy atom. The maximum atomic E-state index is 12.6. The Morgan fingerprint density at radius 1 is 1.48 bits per heavy atom. The second kappa shape index (κ2) is 6.63. The van der Waals surface area contributed by atoms with E-state index in [1.807, 2.05) is 43.6 Å². The van der Waals surface area contributed by atoms with Crippen LogP contribution in [0, 0.1) is 0 Å². The average molecular weight is 339 g/mol. The molecular weight excluding hydrogens is 318 g/mol. The van der Waals surface area contributed by atoms with Gasteiger partial charge in [-0.05, 0) is 25.5 Å². The third-order valence-corrected chi connectivity index (χ3v) is 4.57. The predicted molar refractivity (Wildman–Crippen MR) is 93.6 cm³/mol. The fourth-order valence-electron chi connectivity index (χ4n) is 3.34. The van der Waals surface area contributed by atoms with Crippen LogP contribution in [0.15, 0.2) is 36.2 Å². The molecule has 1 atom stereocenters. The molecule has 0 saturated heterocycles. The monoisotopic (exact) mass is 339 g/mol. The Bertz CT molecular complexity index is 825. The lowest BCUT2D eigenvalue weighted by Gasteiger charge is -2.26. The minimum Gasteiger partial charge on any atom is -0.490 e. The van der Waals surface area contributed by atoms with Crippen molar-refractivity contribution < 1.29 is 14.3 Å². The molecule has 2 aliphatic rings. The Labute approximate surface area is 146 Å². The van der Waals surface area contributed by atoms with E-state index in [9.17, 15) is 4.79 Å². The van der Waals surface area contributed by atoms with Gasteiger partial charge in [-0.1, -0.05) is 12.1 Å². The average Bonchev–Trinajstić information content (AvgIpc) is 3.09. The maximum absolute atomic E-state index is 12.6. The molecule has 0 radical (unpaired) electrons. The summed E-state index contributed by atoms with van der Waals surface area (Å²) in [5, 5.41) is 3.12. The van der Waals surface area contributed by atoms with Crippen molar-refractivity contribution in [3.8, 4) is 11.5 Å². The van der Waals surface area contributed by atoms with Crippen molar-refractivity contribution in [2.24, 2.45) is 0 Å². The maximum Gasteiger partial charge on any atom is 0.250 e. The van der Waals surface area contributed by atoms with Gasteiger partial charge in [-0.2, -0.15) is 0 Å². The molecule has 1 aromatic carbocycles. The minimum absolute atomic E-state index is 0.0685. The molecule has 0 bridgehead atoms. The SMILES string of the molecule is CCOc1cccc2c1OCC(C(=O)N[C@H]1CCc3nccn3C1)=C2. The molecule has 0 unspecified atom stereocenters. The van der Waals surface area contributed by atoms with Crippen molar-refractivity contribution >= 4 is 12.0 Å². The van der Waals surface area contributed by atoms with Crippen LogP contribution in [-0.2, 0) is 17.8 Å². The van der Waals surface area contributed by atoms with Crippen LogP contribution in [0.1, 0.15) is 24.7 Å². The van der Waals surface area contributed by atoms with Crippen molar-refractivity contribution in [1.29, 1.82) is 0 Å². The van der Waals surface area contributed by atoms with Crippen LogP contribution in [-0.4, -0.2) is 34.7 Å². The molecule has 1 aromatic heterocycles. The second-order valence-electron chi connectivity index (χ2n) is 6.27. The molecule has 6 nitrogen and oxygen atoms in total. The number of benzene rings is 1. The molecular formula is C19H21N3O3. The predicted octanol–water partition coefficient (Wildman–Crippen LogP) is 2.19. The van der Waals surface area contributed by atoms with Gasteiger partial charge in [0.1, 0.15) is 12.4 Å². The number of imidazole rings is 1. The highest BCUT2D eigenvalue weighted by Crippen LogP contribution is 2.35. The number of aromatic nitrogens is 2. The molecule has 3 heterocycles. The van der Waals surface area contributed by atoms with E-state index in [0.717, 1.165) is 36.5 Å². The molecule has 0 fully saturated rings. The van der Waals surface area contributed by atoms with E-state index < -0.39 is 0 Å². The first-order valence-electron chi connectivity index (χ1n) is 8.64. The number of carbonyl (C=O) groups excluding carboxylic acids is 1. The Kier molecular flexibility index (Phi) is 4.17. The number of hydrogen-bond acceptors (Lipinski definition) is 4. The lowest BCUT2D eigenvalue weighted by Crippen LogP contribution is -2.42. The number of fused-ring (bicyclic) bond motifs is 2. The lowest BCUT2D eigenvalue weighted by atomic mass is 10.0. The van der Waals surface area contributed by atoms with Crippen LogP contribution in [0.5, 0.6) is 11.5 Å². The molecule has 0 saturated carbocycles. The highest BCUT2D eigenvalue weighted by molar-refractivity contribution is 5.99. The van der Waals surface area contributed by atoms with Crippen molar-refractivity contribution in [2.45, 2.75) is 32.4 Å². The summed E-state index contributed by atoms with van der Waals surface area (Å²) in [6.07, 6.45) is 7.45. The summed E-state index contributed by atoms with van der Waals surface area (Å²) in [6.45, 7) is 3.54. The first-order valence-corrected chi connectivity index (χ1v) is 8.64. The summed E-state index contributed by atoms with van der Waals surface area (Å²) in [6, 6.07) is 5.84. The zero-order chi connectivity index (χ0) is 17.2. The zero-order valence-electron chi connectivity index (χ0n) is 14.2. The topological polar surface area (TPSA) is 65.4 Å². The Balaban J connectivity index is 1.47. The quantitative estimate of drug-likeness (QED) is 0.927. The van der Waals surface area contributed by atoms with Gasteiger partial charge in [0.15, 0.2) is 11.5 Å². The molecule has 1 amide bonds. The van der Waals surface area contributed by atoms with E-state index in [2.05, 4.69) is 14.9 Å². The van der Waals surface area contributed by atoms with Crippen LogP contribution >= 0.6 is 0 Å². The second-order valence-corrected chi connectivity index (χ2v) is 6.27. The van der Waals surface area contributed by atoms with Crippen LogP contribution in [0.25, 0.3) is 6.08 Å². The third-order valence-electron chi connectivity index (χ3n) is 4.57. The van der Waals surface area contributed by atoms with Gasteiger partial charge in [0.2, 0.25) is 0 Å². The molecule has 1 N–H and O–H groups in total. The largest absolute Gasteiger partial charge is 0.490 e. The molecule has 25 heavy (non-hydrogen) atoms. The molecule has 2 aliphatic heterocycles. The number of nitrogens with one attached hydrogen (secondary N) is 1. The number of amides is 1. The van der Waals surface area contributed by atoms with Crippen LogP contribution in [0.3, 0.4) is 0 Å². The summed E-state index contributed by atoms with van der Waals surface area (Å²) >= 11 is 0. The first-order chi connectivity index (χ1) is 12.2. The molecule has 4 rings (SSSR count). The fourth-order valence-corrected chi connectivity index (χ4v) is 3.34. The number of hydrogen-bond donors (Lipinski definition) is 1. The third kappa shape index (κ3) is 3.12. The fraction of sp³-hybridized carbons (Fsp3) is 0.368. The van der Waals surface area contributed by atoms with Gasteiger partial charge < -0.3 is 19.4 Å². The van der Waals surface area contributed by atoms with Crippen molar-refractivity contribution in [1.82, 2.24) is 14.9 Å². The highest BCUT2D eigenvalue weighted by Gasteiger charge is 2.24. The zero-order valence-corrected chi connectivity index (χ0v) is 14.2. The summed E-state index contributed by atoms with van der Waals surface area (Å²) in [5.41, 5.74) is 1.51. The summed E-state index contributed by atoms with van der Waals surface area (Å²) in [4.78, 5) is 16.9. The number of rotatable bonds is 4. The molecule has 2 aromatic rings. The summed E-state index contributed by atoms with van der Waals surface area (Å²) in [7, 11) is 0. The summed E-state index contributed by atoms with van der Waals surface area (Å²) < 4.78 is 13.5. The number of carbonyl (C=O) groups is 1. The number of aryl methyl sites for hydroxylation is 1. The van der Waals surface area contributed by atoms with Crippen LogP contribution in [0.4, 0.5) is 0 Å². The van der Waals surface area contributed by atoms with Gasteiger partial charge in [-0.15, -0.1) is 0 Å². The minimum atomic E-state index is -0.0685. The van der Waals surface area contributed by atoms with E-state index >= 15 is 0 Å². The van der Waals surface area contributed by atoms with Crippen molar-refractivity contribution in [3.05, 3.63) is 47.6 Å². The van der Waals surface area contributed by atoms with E-state index in [-0.39, 0.29) is 18.6 Å². The standard InChI is InChI=1S/C19H21N3O3/c1-2-24-16-5-3-4-13-10-14(12-25-18(13)16)19(23)21-15-6-7-17-20-8-9-22(17)11-15/h3-5,8-10,15H,2,6-7,11-12H2,1H3,(H,21,23)/t15-/m0/s1.